The average Bonchev–Trinajstić information content (AvgIpc) is 2.66. The van der Waals surface area contributed by atoms with E-state index in [4.69, 9.17) is 0 Å². The van der Waals surface area contributed by atoms with Gasteiger partial charge in [0.2, 0.25) is 0 Å². The molecule has 1 atom stereocenters. The molecule has 7 heteroatoms. The van der Waals surface area contributed by atoms with Crippen molar-refractivity contribution in [3.63, 3.8) is 0 Å². The highest BCUT2D eigenvalue weighted by atomic mass is 79.9. The smallest absolute Gasteiger partial charge is 0.257 e. The second kappa shape index (κ2) is 5.16. The number of nitrogens with zero attached hydrogens (tertiary/aromatic N) is 2. The number of nitrogens with one attached hydrogen (secondary N) is 1. The molecule has 0 saturated heterocycles. The third-order valence-corrected chi connectivity index (χ3v) is 4.73. The number of amides is 1. The maximum atomic E-state index is 11.4. The van der Waals surface area contributed by atoms with Crippen LogP contribution in [-0.2, 0) is 4.79 Å². The van der Waals surface area contributed by atoms with E-state index < -0.39 is 12.0 Å². The molecule has 2 aromatic rings. The zero-order valence-corrected chi connectivity index (χ0v) is 12.8. The quantitative estimate of drug-likeness (QED) is 0.813. The number of aromatic nitrogens is 2. The van der Waals surface area contributed by atoms with Crippen molar-refractivity contribution in [1.82, 2.24) is 9.97 Å². The van der Waals surface area contributed by atoms with Gasteiger partial charge in [0.1, 0.15) is 0 Å². The Hall–Kier alpha value is -1.44. The Labute approximate surface area is 128 Å². The van der Waals surface area contributed by atoms with Crippen LogP contribution in [0.1, 0.15) is 17.4 Å². The molecule has 1 aliphatic heterocycles. The molecular weight excluding hydrogens is 342 g/mol. The lowest BCUT2D eigenvalue weighted by Gasteiger charge is -2.07. The summed E-state index contributed by atoms with van der Waals surface area (Å²) in [5, 5.41) is 13.0. The van der Waals surface area contributed by atoms with E-state index in [1.807, 2.05) is 19.1 Å². The van der Waals surface area contributed by atoms with Crippen molar-refractivity contribution in [2.24, 2.45) is 0 Å². The van der Waals surface area contributed by atoms with Crippen molar-refractivity contribution >= 4 is 39.3 Å². The van der Waals surface area contributed by atoms with Crippen LogP contribution in [0.2, 0.25) is 0 Å². The highest BCUT2D eigenvalue weighted by Gasteiger charge is 2.29. The van der Waals surface area contributed by atoms with E-state index in [1.165, 1.54) is 11.8 Å². The summed E-state index contributed by atoms with van der Waals surface area (Å²) >= 11 is 4.84. The summed E-state index contributed by atoms with van der Waals surface area (Å²) in [7, 11) is 0. The number of hydrogen-bond donors (Lipinski definition) is 2. The second-order valence-corrected chi connectivity index (χ2v) is 6.21. The van der Waals surface area contributed by atoms with Gasteiger partial charge in [-0.3, -0.25) is 4.79 Å². The molecule has 2 heterocycles. The minimum Gasteiger partial charge on any atom is -0.378 e. The molecule has 1 aromatic heterocycles. The number of anilines is 1. The van der Waals surface area contributed by atoms with Crippen molar-refractivity contribution in [3.05, 3.63) is 40.1 Å². The molecule has 1 aromatic carbocycles. The van der Waals surface area contributed by atoms with Crippen molar-refractivity contribution in [2.45, 2.75) is 23.1 Å². The summed E-state index contributed by atoms with van der Waals surface area (Å²) in [6.45, 7) is 1.90. The molecule has 20 heavy (non-hydrogen) atoms. The first kappa shape index (κ1) is 13.5. The number of benzene rings is 1. The van der Waals surface area contributed by atoms with Gasteiger partial charge < -0.3 is 10.4 Å². The fourth-order valence-corrected chi connectivity index (χ4v) is 3.33. The first-order valence-corrected chi connectivity index (χ1v) is 7.45. The van der Waals surface area contributed by atoms with E-state index in [2.05, 4.69) is 31.2 Å². The Morgan fingerprint density at radius 2 is 2.25 bits per heavy atom. The van der Waals surface area contributed by atoms with Crippen LogP contribution in [0.3, 0.4) is 0 Å². The number of aryl methyl sites for hydroxylation is 1. The van der Waals surface area contributed by atoms with Crippen LogP contribution in [-0.4, -0.2) is 21.0 Å². The molecular formula is C13H10BrN3O2S. The fraction of sp³-hybridized carbons (Fsp3) is 0.154. The molecule has 0 bridgehead atoms. The van der Waals surface area contributed by atoms with Crippen LogP contribution in [0.25, 0.3) is 0 Å². The van der Waals surface area contributed by atoms with Crippen LogP contribution in [0, 0.1) is 6.92 Å². The Kier molecular flexibility index (Phi) is 3.49. The summed E-state index contributed by atoms with van der Waals surface area (Å²) < 4.78 is 0.793. The monoisotopic (exact) mass is 351 g/mol. The third-order valence-electron chi connectivity index (χ3n) is 2.88. The molecule has 102 valence electrons. The molecule has 1 amide bonds. The van der Waals surface area contributed by atoms with Crippen molar-refractivity contribution < 1.29 is 9.90 Å². The highest BCUT2D eigenvalue weighted by Crippen LogP contribution is 2.40. The molecule has 3 rings (SSSR count). The van der Waals surface area contributed by atoms with E-state index >= 15 is 0 Å². The standard InChI is InChI=1S/C13H10BrN3O2S/c1-6-2-3-15-13(16-6)20-10-5-9-7(4-8(10)14)11(18)12(19)17-9/h2-5,11,18H,1H3,(H,17,19). The molecule has 0 aliphatic carbocycles. The zero-order chi connectivity index (χ0) is 14.3. The summed E-state index contributed by atoms with van der Waals surface area (Å²) in [6.07, 6.45) is 0.604. The highest BCUT2D eigenvalue weighted by molar-refractivity contribution is 9.10. The number of fused-ring (bicyclic) bond motifs is 1. The van der Waals surface area contributed by atoms with Crippen LogP contribution in [0.15, 0.2) is 38.9 Å². The van der Waals surface area contributed by atoms with E-state index in [0.29, 0.717) is 16.4 Å². The van der Waals surface area contributed by atoms with Crippen LogP contribution >= 0.6 is 27.7 Å². The van der Waals surface area contributed by atoms with Crippen molar-refractivity contribution in [2.75, 3.05) is 5.32 Å². The molecule has 1 unspecified atom stereocenters. The number of aliphatic hydroxyl groups is 1. The van der Waals surface area contributed by atoms with Gasteiger partial charge in [-0.2, -0.15) is 0 Å². The van der Waals surface area contributed by atoms with Gasteiger partial charge in [0, 0.05) is 32.5 Å². The van der Waals surface area contributed by atoms with E-state index in [1.54, 1.807) is 12.3 Å². The lowest BCUT2D eigenvalue weighted by molar-refractivity contribution is -0.123. The van der Waals surface area contributed by atoms with Gasteiger partial charge in [0.05, 0.1) is 0 Å². The fourth-order valence-electron chi connectivity index (χ4n) is 1.90. The van der Waals surface area contributed by atoms with Crippen LogP contribution < -0.4 is 5.32 Å². The maximum absolute atomic E-state index is 11.4. The maximum Gasteiger partial charge on any atom is 0.257 e. The number of carbonyl (C=O) groups excluding carboxylic acids is 1. The summed E-state index contributed by atoms with van der Waals surface area (Å²) in [5.41, 5.74) is 2.10. The van der Waals surface area contributed by atoms with Crippen LogP contribution in [0.4, 0.5) is 5.69 Å². The number of halogens is 1. The minimum absolute atomic E-state index is 0.402. The Morgan fingerprint density at radius 1 is 1.45 bits per heavy atom. The average molecular weight is 352 g/mol. The molecule has 5 nitrogen and oxygen atoms in total. The molecule has 0 radical (unpaired) electrons. The first-order chi connectivity index (χ1) is 9.54. The molecule has 2 N–H and O–H groups in total. The van der Waals surface area contributed by atoms with Crippen molar-refractivity contribution in [1.29, 1.82) is 0 Å². The largest absolute Gasteiger partial charge is 0.378 e. The first-order valence-electron chi connectivity index (χ1n) is 5.84. The number of carbonyl (C=O) groups is 1. The molecule has 0 spiro atoms. The zero-order valence-electron chi connectivity index (χ0n) is 10.4. The molecule has 0 fully saturated rings. The number of aliphatic hydroxyl groups excluding tert-OH is 1. The molecule has 0 saturated carbocycles. The van der Waals surface area contributed by atoms with Gasteiger partial charge in [-0.1, -0.05) is 0 Å². The predicted octanol–water partition coefficient (Wildman–Crippen LogP) is 2.68. The van der Waals surface area contributed by atoms with Gasteiger partial charge in [-0.25, -0.2) is 9.97 Å². The lowest BCUT2D eigenvalue weighted by Crippen LogP contribution is -2.10. The molecule has 1 aliphatic rings. The summed E-state index contributed by atoms with van der Waals surface area (Å²) in [4.78, 5) is 20.8. The Balaban J connectivity index is 1.96. The minimum atomic E-state index is -1.10. The third kappa shape index (κ3) is 2.44. The summed E-state index contributed by atoms with van der Waals surface area (Å²) in [5.74, 6) is -0.402. The van der Waals surface area contributed by atoms with Gasteiger partial charge in [0.25, 0.3) is 5.91 Å². The van der Waals surface area contributed by atoms with Gasteiger partial charge >= 0.3 is 0 Å². The number of rotatable bonds is 2. The van der Waals surface area contributed by atoms with E-state index in [9.17, 15) is 9.90 Å². The topological polar surface area (TPSA) is 75.1 Å². The van der Waals surface area contributed by atoms with Crippen LogP contribution in [0.5, 0.6) is 0 Å². The van der Waals surface area contributed by atoms with Gasteiger partial charge in [-0.15, -0.1) is 0 Å². The Morgan fingerprint density at radius 3 is 3.00 bits per heavy atom. The van der Waals surface area contributed by atoms with E-state index in [0.717, 1.165) is 15.1 Å². The predicted molar refractivity (Wildman–Crippen MR) is 78.6 cm³/mol. The number of hydrogen-bond acceptors (Lipinski definition) is 5. The SMILES string of the molecule is Cc1ccnc(Sc2cc3c(cc2Br)C(O)C(=O)N3)n1. The second-order valence-electron chi connectivity index (χ2n) is 4.34. The normalized spacial score (nSPS) is 16.9. The van der Waals surface area contributed by atoms with Crippen molar-refractivity contribution in [3.8, 4) is 0 Å². The Bertz CT molecular complexity index is 708. The lowest BCUT2D eigenvalue weighted by atomic mass is 10.1. The van der Waals surface area contributed by atoms with Gasteiger partial charge in [-0.05, 0) is 52.8 Å². The van der Waals surface area contributed by atoms with E-state index in [-0.39, 0.29) is 0 Å². The summed E-state index contributed by atoms with van der Waals surface area (Å²) in [6, 6.07) is 5.39. The van der Waals surface area contributed by atoms with Gasteiger partial charge in [0.15, 0.2) is 11.3 Å².